The molecule has 4 amide bonds. The maximum Gasteiger partial charge on any atom is 0.314 e. The Morgan fingerprint density at radius 2 is 1.30 bits per heavy atom. The summed E-state index contributed by atoms with van der Waals surface area (Å²) in [6.07, 6.45) is 20.9. The van der Waals surface area contributed by atoms with Crippen LogP contribution in [0.2, 0.25) is 0 Å². The number of hydrogen-bond donors (Lipinski definition) is 7. The standard InChI is InChI=1S/C76H100N6O14S2/c1-8-10-21-48-82-65-39-37-60(98(93,94)95)52-62(65)76(6,7)69(82)42-40-67-72(56(44-49-96-67)35-41-68-75(4,5)61-51-59(97(90,91)92)36-38-64(61)81(68)47-11-9-2)55-31-33-57(34-32-55)73(88)77-45-23-28-66(84)63(50-54-24-17-16-18-25-54)80-70(85)29-20-15-13-12-14-19-26-58(83)27-22-46-78-74(89)79-53(3)30-43-71(86)87/h16-18,24-25,31-42,51-53,63H,8-15,19-23,26-30,43-50H2,1-7H3,(H6-,77,78,79,80,85,86,87,88,89,90,91,92,93,94,95)/p+1/t53-,63-/m0/s1. The highest BCUT2D eigenvalue weighted by atomic mass is 32.2. The lowest BCUT2D eigenvalue weighted by atomic mass is 9.81. The lowest BCUT2D eigenvalue weighted by molar-refractivity contribution is -0.438. The maximum absolute atomic E-state index is 13.9. The SMILES string of the molecule is CCCCCN1C(=CC=C2OCCC(C=CC3=[N+](CCCC)c4ccc(S(=O)(=O)O)cc4C3(C)C)=C2c2ccc(C(=O)NCCCC(=O)[C@H](Cc3ccccc3)NC(=O)CCCCCCCCC(=O)CCCNC(=O)N[C@@H](C)CCC(=O)O)cc2)C(C)(C)c2cc(S(=O)(=O)O)ccc21. The first-order chi connectivity index (χ1) is 46.6. The number of urea groups is 1. The average molecular weight is 1390 g/mol. The van der Waals surface area contributed by atoms with E-state index < -0.39 is 43.1 Å². The van der Waals surface area contributed by atoms with E-state index in [4.69, 9.17) is 9.84 Å². The number of carboxylic acid groups (broad SMARTS) is 1. The summed E-state index contributed by atoms with van der Waals surface area (Å²) >= 11 is 0. The second-order valence-corrected chi connectivity index (χ2v) is 29.8. The van der Waals surface area contributed by atoms with Gasteiger partial charge >= 0.3 is 12.0 Å². The second-order valence-electron chi connectivity index (χ2n) is 26.9. The molecule has 7 N–H and O–H groups in total. The molecule has 0 spiro atoms. The normalized spacial score (nSPS) is 16.4. The van der Waals surface area contributed by atoms with Crippen LogP contribution in [0.4, 0.5) is 16.2 Å². The molecule has 0 radical (unpaired) electrons. The van der Waals surface area contributed by atoms with Crippen LogP contribution < -0.4 is 26.2 Å². The monoisotopic (exact) mass is 1390 g/mol. The number of fused-ring (bicyclic) bond motifs is 2. The van der Waals surface area contributed by atoms with Crippen LogP contribution in [0.1, 0.15) is 209 Å². The van der Waals surface area contributed by atoms with E-state index in [1.807, 2.05) is 82.3 Å². The number of nitrogens with one attached hydrogen (secondary N) is 4. The largest absolute Gasteiger partial charge is 0.493 e. The van der Waals surface area contributed by atoms with Gasteiger partial charge in [0, 0.05) is 116 Å². The van der Waals surface area contributed by atoms with Gasteiger partial charge in [0.15, 0.2) is 11.5 Å². The second kappa shape index (κ2) is 36.2. The summed E-state index contributed by atoms with van der Waals surface area (Å²) in [6, 6.07) is 24.8. The minimum atomic E-state index is -4.49. The van der Waals surface area contributed by atoms with Crippen LogP contribution in [-0.4, -0.2) is 122 Å². The molecule has 3 aliphatic heterocycles. The lowest BCUT2D eigenvalue weighted by Crippen LogP contribution is -2.42. The molecular formula is C76H101N6O14S2+. The molecule has 22 heteroatoms. The van der Waals surface area contributed by atoms with Crippen molar-refractivity contribution in [3.63, 3.8) is 0 Å². The van der Waals surface area contributed by atoms with Crippen molar-refractivity contribution in [2.75, 3.05) is 37.7 Å². The van der Waals surface area contributed by atoms with Crippen molar-refractivity contribution in [1.29, 1.82) is 0 Å². The van der Waals surface area contributed by atoms with E-state index in [-0.39, 0.29) is 71.1 Å². The van der Waals surface area contributed by atoms with Crippen molar-refractivity contribution in [3.05, 3.63) is 160 Å². The minimum Gasteiger partial charge on any atom is -0.493 e. The van der Waals surface area contributed by atoms with Gasteiger partial charge in [-0.05, 0) is 143 Å². The number of carbonyl (C=O) groups excluding carboxylic acids is 5. The molecule has 530 valence electrons. The summed E-state index contributed by atoms with van der Waals surface area (Å²) in [6.45, 7) is 16.4. The van der Waals surface area contributed by atoms with Gasteiger partial charge in [-0.2, -0.15) is 21.4 Å². The van der Waals surface area contributed by atoms with Crippen LogP contribution >= 0.6 is 0 Å². The van der Waals surface area contributed by atoms with Crippen LogP contribution in [0.15, 0.2) is 142 Å². The molecule has 0 unspecified atom stereocenters. The maximum atomic E-state index is 13.9. The molecule has 20 nitrogen and oxygen atoms in total. The van der Waals surface area contributed by atoms with Gasteiger partial charge in [-0.15, -0.1) is 0 Å². The first-order valence-electron chi connectivity index (χ1n) is 34.8. The molecule has 0 bridgehead atoms. The number of anilines is 1. The Bertz CT molecular complexity index is 3890. The number of unbranched alkanes of at least 4 members (excludes halogenated alkanes) is 8. The van der Waals surface area contributed by atoms with E-state index in [1.165, 1.54) is 12.1 Å². The topological polar surface area (TPSA) is 295 Å². The van der Waals surface area contributed by atoms with Gasteiger partial charge < -0.3 is 36.0 Å². The van der Waals surface area contributed by atoms with Gasteiger partial charge in [-0.3, -0.25) is 33.1 Å². The van der Waals surface area contributed by atoms with E-state index >= 15 is 0 Å². The zero-order valence-corrected chi connectivity index (χ0v) is 59.7. The van der Waals surface area contributed by atoms with Crippen molar-refractivity contribution in [2.45, 2.75) is 216 Å². The van der Waals surface area contributed by atoms with Crippen molar-refractivity contribution < 1.29 is 69.1 Å². The quantitative estimate of drug-likeness (QED) is 0.0124. The van der Waals surface area contributed by atoms with Gasteiger partial charge in [0.05, 0.1) is 27.9 Å². The number of ether oxygens (including phenoxy) is 1. The number of ketones is 2. The molecule has 0 aromatic heterocycles. The van der Waals surface area contributed by atoms with E-state index in [0.29, 0.717) is 88.9 Å². The number of benzene rings is 4. The van der Waals surface area contributed by atoms with E-state index in [9.17, 15) is 54.7 Å². The van der Waals surface area contributed by atoms with Crippen molar-refractivity contribution >= 4 is 78.3 Å². The lowest BCUT2D eigenvalue weighted by Gasteiger charge is -2.28. The highest BCUT2D eigenvalue weighted by molar-refractivity contribution is 7.86. The van der Waals surface area contributed by atoms with Gasteiger partial charge in [0.2, 0.25) is 11.6 Å². The Morgan fingerprint density at radius 1 is 0.663 bits per heavy atom. The van der Waals surface area contributed by atoms with Gasteiger partial charge in [-0.1, -0.05) is 121 Å². The molecule has 0 saturated heterocycles. The van der Waals surface area contributed by atoms with E-state index in [2.05, 4.69) is 56.7 Å². The summed E-state index contributed by atoms with van der Waals surface area (Å²) in [4.78, 5) is 78.2. The highest BCUT2D eigenvalue weighted by Crippen LogP contribution is 2.49. The van der Waals surface area contributed by atoms with Gasteiger partial charge in [0.1, 0.15) is 18.1 Å². The summed E-state index contributed by atoms with van der Waals surface area (Å²) in [7, 11) is -8.96. The van der Waals surface area contributed by atoms with Crippen molar-refractivity contribution in [1.82, 2.24) is 21.3 Å². The number of aliphatic carboxylic acids is 1. The molecule has 98 heavy (non-hydrogen) atoms. The summed E-state index contributed by atoms with van der Waals surface area (Å²) < 4.78 is 78.7. The van der Waals surface area contributed by atoms with Crippen LogP contribution in [0.5, 0.6) is 0 Å². The smallest absolute Gasteiger partial charge is 0.314 e. The van der Waals surface area contributed by atoms with Gasteiger partial charge in [0.25, 0.3) is 26.1 Å². The fraction of sp³-hybridized carbons (Fsp3) is 0.487. The third-order valence-electron chi connectivity index (χ3n) is 18.6. The highest BCUT2D eigenvalue weighted by Gasteiger charge is 2.45. The zero-order valence-electron chi connectivity index (χ0n) is 58.1. The zero-order chi connectivity index (χ0) is 71.2. The molecule has 4 aromatic carbocycles. The third-order valence-corrected chi connectivity index (χ3v) is 20.3. The first kappa shape index (κ1) is 77.3. The number of carboxylic acids is 1. The molecule has 0 fully saturated rings. The number of allylic oxidation sites excluding steroid dienone is 6. The fourth-order valence-corrected chi connectivity index (χ4v) is 14.1. The Balaban J connectivity index is 1.01. The van der Waals surface area contributed by atoms with Crippen molar-refractivity contribution in [3.8, 4) is 0 Å². The van der Waals surface area contributed by atoms with Crippen LogP contribution in [-0.2, 0) is 61.4 Å². The molecule has 0 aliphatic carbocycles. The third kappa shape index (κ3) is 21.7. The number of carbonyl (C=O) groups is 6. The fourth-order valence-electron chi connectivity index (χ4n) is 13.0. The summed E-state index contributed by atoms with van der Waals surface area (Å²) in [5.74, 6) is -0.893. The molecule has 3 aliphatic rings. The number of amides is 4. The van der Waals surface area contributed by atoms with E-state index in [1.54, 1.807) is 43.3 Å². The molecule has 3 heterocycles. The van der Waals surface area contributed by atoms with Crippen LogP contribution in [0.25, 0.3) is 5.57 Å². The Hall–Kier alpha value is -8.05. The Morgan fingerprint density at radius 3 is 1.97 bits per heavy atom. The Kier molecular flexibility index (Phi) is 28.5. The van der Waals surface area contributed by atoms with E-state index in [0.717, 1.165) is 120 Å². The minimum absolute atomic E-state index is 0.0312. The number of Topliss-reactive ketones (excluding diaryl/α,β-unsaturated/α-hetero) is 2. The predicted octanol–water partition coefficient (Wildman–Crippen LogP) is 13.4. The molecular weight excluding hydrogens is 1280 g/mol. The number of nitrogens with zero attached hydrogens (tertiary/aromatic N) is 2. The van der Waals surface area contributed by atoms with Crippen LogP contribution in [0, 0.1) is 0 Å². The number of rotatable bonds is 39. The average Bonchev–Trinajstić information content (AvgIpc) is 1.59. The molecule has 2 atom stereocenters. The van der Waals surface area contributed by atoms with Gasteiger partial charge in [-0.25, -0.2) is 4.79 Å². The number of hydrogen-bond acceptors (Lipinski definition) is 12. The molecule has 7 rings (SSSR count). The molecule has 0 saturated carbocycles. The molecule has 4 aromatic rings. The summed E-state index contributed by atoms with van der Waals surface area (Å²) in [5.41, 5.74) is 7.50. The first-order valence-corrected chi connectivity index (χ1v) is 37.7. The Labute approximate surface area is 579 Å². The summed E-state index contributed by atoms with van der Waals surface area (Å²) in [5, 5.41) is 20.2. The van der Waals surface area contributed by atoms with Crippen LogP contribution in [0.3, 0.4) is 0 Å². The van der Waals surface area contributed by atoms with Crippen molar-refractivity contribution in [2.24, 2.45) is 0 Å². The predicted molar refractivity (Wildman–Crippen MR) is 382 cm³/mol.